The first-order valence-electron chi connectivity index (χ1n) is 1.85. The van der Waals surface area contributed by atoms with Gasteiger partial charge in [-0.1, -0.05) is 0 Å². The molecule has 0 atom stereocenters. The minimum atomic E-state index is -0.861. The Kier molecular flexibility index (Phi) is 5.03. The van der Waals surface area contributed by atoms with E-state index in [1.807, 2.05) is 0 Å². The molecule has 2 heteroatoms. The van der Waals surface area contributed by atoms with Crippen molar-refractivity contribution in [1.29, 1.82) is 0 Å². The molecule has 0 aromatic heterocycles. The van der Waals surface area contributed by atoms with Crippen LogP contribution in [0.15, 0.2) is 0 Å². The van der Waals surface area contributed by atoms with E-state index in [2.05, 4.69) is 26.7 Å². The van der Waals surface area contributed by atoms with Crippen molar-refractivity contribution in [2.45, 2.75) is 0 Å². The molecule has 0 heterocycles. The Morgan fingerprint density at radius 1 is 1.17 bits per heavy atom. The SMILES string of the molecule is [CH2][PH](C)(C)C.[Co]. The minimum absolute atomic E-state index is 0. The van der Waals surface area contributed by atoms with Crippen molar-refractivity contribution in [1.82, 2.24) is 0 Å². The van der Waals surface area contributed by atoms with Gasteiger partial charge in [-0.15, -0.1) is 0 Å². The zero-order chi connectivity index (χ0) is 4.50. The van der Waals surface area contributed by atoms with Gasteiger partial charge in [0.2, 0.25) is 0 Å². The van der Waals surface area contributed by atoms with Crippen molar-refractivity contribution in [2.24, 2.45) is 0 Å². The third kappa shape index (κ3) is 87.2. The maximum atomic E-state index is 3.91. The van der Waals surface area contributed by atoms with Crippen LogP contribution in [0, 0.1) is 6.66 Å². The first-order valence-corrected chi connectivity index (χ1v) is 5.56. The molecule has 0 nitrogen and oxygen atoms in total. The first-order chi connectivity index (χ1) is 2.00. The van der Waals surface area contributed by atoms with Crippen molar-refractivity contribution >= 4 is 7.26 Å². The topological polar surface area (TPSA) is 0 Å². The Hall–Kier alpha value is 0.936. The van der Waals surface area contributed by atoms with Crippen molar-refractivity contribution in [2.75, 3.05) is 20.0 Å². The molecule has 42 valence electrons. The summed E-state index contributed by atoms with van der Waals surface area (Å²) in [6, 6.07) is 0. The van der Waals surface area contributed by atoms with E-state index in [0.29, 0.717) is 0 Å². The van der Waals surface area contributed by atoms with Gasteiger partial charge in [-0.2, -0.15) is 0 Å². The van der Waals surface area contributed by atoms with Crippen LogP contribution in [-0.4, -0.2) is 20.0 Å². The average molecular weight is 150 g/mol. The normalized spacial score (nSPS) is 12.7. The number of hydrogen-bond donors (Lipinski definition) is 0. The van der Waals surface area contributed by atoms with Gasteiger partial charge in [0, 0.05) is 16.8 Å². The van der Waals surface area contributed by atoms with Crippen LogP contribution in [0.2, 0.25) is 0 Å². The molecule has 0 spiro atoms. The van der Waals surface area contributed by atoms with Crippen LogP contribution in [0.25, 0.3) is 0 Å². The quantitative estimate of drug-likeness (QED) is 0.458. The average Bonchev–Trinajstić information content (AvgIpc) is 0.722. The summed E-state index contributed by atoms with van der Waals surface area (Å²) in [6.07, 6.45) is 0. The predicted octanol–water partition coefficient (Wildman–Crippen LogP) is 1.41. The molecule has 0 N–H and O–H groups in total. The van der Waals surface area contributed by atoms with Gasteiger partial charge in [0.05, 0.1) is 0 Å². The Balaban J connectivity index is 0. The van der Waals surface area contributed by atoms with Crippen LogP contribution in [0.4, 0.5) is 0 Å². The summed E-state index contributed by atoms with van der Waals surface area (Å²) < 4.78 is 0. The third-order valence-electron chi connectivity index (χ3n) is 0. The van der Waals surface area contributed by atoms with Crippen LogP contribution in [0.3, 0.4) is 0 Å². The molecule has 0 aliphatic rings. The molecule has 0 fully saturated rings. The molecular formula is C4H12CoP. The maximum Gasteiger partial charge on any atom is 0 e. The summed E-state index contributed by atoms with van der Waals surface area (Å²) in [5.41, 5.74) is 0. The summed E-state index contributed by atoms with van der Waals surface area (Å²) in [5.74, 6) is 0. The van der Waals surface area contributed by atoms with Gasteiger partial charge in [-0.05, 0) is 0 Å². The van der Waals surface area contributed by atoms with Crippen LogP contribution in [-0.2, 0) is 16.8 Å². The van der Waals surface area contributed by atoms with E-state index in [4.69, 9.17) is 0 Å². The molecule has 2 radical (unpaired) electrons. The summed E-state index contributed by atoms with van der Waals surface area (Å²) in [5, 5.41) is 0. The third-order valence-corrected chi connectivity index (χ3v) is 0. The second kappa shape index (κ2) is 3.01. The van der Waals surface area contributed by atoms with Crippen molar-refractivity contribution in [3.8, 4) is 0 Å². The van der Waals surface area contributed by atoms with Crippen LogP contribution in [0.1, 0.15) is 0 Å². The molecule has 0 aliphatic carbocycles. The standard InChI is InChI=1S/C4H12P.Co/c1-5(2,3)4;/h5H,1H2,2-4H3;. The summed E-state index contributed by atoms with van der Waals surface area (Å²) in [7, 11) is -0.861. The molecule has 0 aliphatic heterocycles. The number of rotatable bonds is 0. The van der Waals surface area contributed by atoms with E-state index < -0.39 is 7.26 Å². The van der Waals surface area contributed by atoms with Crippen LogP contribution < -0.4 is 0 Å². The molecule has 0 saturated heterocycles. The van der Waals surface area contributed by atoms with Crippen molar-refractivity contribution in [3.05, 3.63) is 6.66 Å². The molecule has 0 bridgehead atoms. The first kappa shape index (κ1) is 10.0. The van der Waals surface area contributed by atoms with Crippen molar-refractivity contribution < 1.29 is 16.8 Å². The van der Waals surface area contributed by atoms with Gasteiger partial charge in [0.1, 0.15) is 0 Å². The summed E-state index contributed by atoms with van der Waals surface area (Å²) >= 11 is 0. The van der Waals surface area contributed by atoms with Gasteiger partial charge in [0.15, 0.2) is 0 Å². The molecular weight excluding hydrogens is 138 g/mol. The van der Waals surface area contributed by atoms with Gasteiger partial charge in [-0.3, -0.25) is 0 Å². The van der Waals surface area contributed by atoms with Gasteiger partial charge in [0.25, 0.3) is 0 Å². The van der Waals surface area contributed by atoms with Crippen LogP contribution in [0.5, 0.6) is 0 Å². The second-order valence-electron chi connectivity index (χ2n) is 2.56. The fraction of sp³-hybridized carbons (Fsp3) is 0.750. The fourth-order valence-corrected chi connectivity index (χ4v) is 0. The van der Waals surface area contributed by atoms with E-state index in [9.17, 15) is 0 Å². The van der Waals surface area contributed by atoms with Gasteiger partial charge >= 0.3 is 33.9 Å². The second-order valence-corrected chi connectivity index (χ2v) is 7.68. The van der Waals surface area contributed by atoms with Crippen LogP contribution >= 0.6 is 7.26 Å². The Bertz CT molecular complexity index is 23.0. The Morgan fingerprint density at radius 2 is 1.17 bits per heavy atom. The predicted molar refractivity (Wildman–Crippen MR) is 31.4 cm³/mol. The Labute approximate surface area is 51.2 Å². The zero-order valence-corrected chi connectivity index (χ0v) is 6.58. The zero-order valence-electron chi connectivity index (χ0n) is 4.54. The largest absolute Gasteiger partial charge is 0 e. The molecule has 0 saturated carbocycles. The molecule has 0 aromatic carbocycles. The molecule has 0 aromatic rings. The number of hydrogen-bond acceptors (Lipinski definition) is 0. The maximum absolute atomic E-state index is 3.91. The molecule has 6 heavy (non-hydrogen) atoms. The van der Waals surface area contributed by atoms with Crippen molar-refractivity contribution in [3.63, 3.8) is 0 Å². The molecule has 0 unspecified atom stereocenters. The summed E-state index contributed by atoms with van der Waals surface area (Å²) in [4.78, 5) is 0. The van der Waals surface area contributed by atoms with Gasteiger partial charge < -0.3 is 0 Å². The minimum Gasteiger partial charge on any atom is 0 e. The molecule has 0 rings (SSSR count). The monoisotopic (exact) mass is 150 g/mol. The Morgan fingerprint density at radius 3 is 1.17 bits per heavy atom. The van der Waals surface area contributed by atoms with E-state index in [0.717, 1.165) is 0 Å². The molecule has 0 amide bonds. The van der Waals surface area contributed by atoms with E-state index >= 15 is 0 Å². The van der Waals surface area contributed by atoms with E-state index in [-0.39, 0.29) is 16.8 Å². The smallest absolute Gasteiger partial charge is 0 e. The van der Waals surface area contributed by atoms with Gasteiger partial charge in [-0.25, -0.2) is 0 Å². The van der Waals surface area contributed by atoms with E-state index in [1.165, 1.54) is 0 Å². The fourth-order valence-electron chi connectivity index (χ4n) is 0. The van der Waals surface area contributed by atoms with E-state index in [1.54, 1.807) is 0 Å². The summed E-state index contributed by atoms with van der Waals surface area (Å²) in [6.45, 7) is 10.6.